The fourth-order valence-electron chi connectivity index (χ4n) is 2.65. The van der Waals surface area contributed by atoms with E-state index in [4.69, 9.17) is 4.74 Å². The molecule has 1 atom stereocenters. The molecule has 0 unspecified atom stereocenters. The van der Waals surface area contributed by atoms with Crippen LogP contribution < -0.4 is 15.0 Å². The molecule has 2 aliphatic heterocycles. The third-order valence-corrected chi connectivity index (χ3v) is 3.61. The minimum absolute atomic E-state index is 0.0856. The summed E-state index contributed by atoms with van der Waals surface area (Å²) in [7, 11) is 0. The van der Waals surface area contributed by atoms with Crippen LogP contribution >= 0.6 is 0 Å². The summed E-state index contributed by atoms with van der Waals surface area (Å²) in [6.45, 7) is 3.42. The molecule has 1 fully saturated rings. The molecule has 0 aliphatic carbocycles. The molecule has 1 aromatic rings. The molecule has 102 valence electrons. The van der Waals surface area contributed by atoms with Crippen molar-refractivity contribution in [2.75, 3.05) is 18.0 Å². The van der Waals surface area contributed by atoms with Crippen LogP contribution in [0.2, 0.25) is 0 Å². The Bertz CT molecular complexity index is 503. The topological polar surface area (TPSA) is 54.5 Å². The molecule has 5 nitrogen and oxygen atoms in total. The molecule has 0 bridgehead atoms. The number of rotatable bonds is 1. The molecule has 1 N–H and O–H groups in total. The van der Waals surface area contributed by atoms with Gasteiger partial charge in [0.05, 0.1) is 6.20 Å². The van der Waals surface area contributed by atoms with E-state index in [1.165, 1.54) is 6.07 Å². The Balaban J connectivity index is 2.01. The molecule has 6 heteroatoms. The number of carbonyl (C=O) groups is 1. The highest BCUT2D eigenvalue weighted by Gasteiger charge is 2.37. The van der Waals surface area contributed by atoms with E-state index in [2.05, 4.69) is 10.3 Å². The molecule has 1 saturated heterocycles. The number of hydrogen-bond donors (Lipinski definition) is 1. The summed E-state index contributed by atoms with van der Waals surface area (Å²) >= 11 is 0. The summed E-state index contributed by atoms with van der Waals surface area (Å²) < 4.78 is 18.8. The second kappa shape index (κ2) is 4.77. The number of ether oxygens (including phenoxy) is 1. The number of aromatic nitrogens is 1. The molecule has 3 heterocycles. The summed E-state index contributed by atoms with van der Waals surface area (Å²) in [5.41, 5.74) is 0.454. The number of hydrogen-bond acceptors (Lipinski definition) is 4. The lowest BCUT2D eigenvalue weighted by atomic mass is 10.0. The van der Waals surface area contributed by atoms with E-state index in [0.29, 0.717) is 11.6 Å². The van der Waals surface area contributed by atoms with Gasteiger partial charge in [-0.15, -0.1) is 0 Å². The van der Waals surface area contributed by atoms with Gasteiger partial charge in [0.25, 0.3) is 5.91 Å². The quantitative estimate of drug-likeness (QED) is 0.825. The van der Waals surface area contributed by atoms with E-state index in [-0.39, 0.29) is 11.9 Å². The molecular formula is C13H16FN3O2. The number of halogens is 1. The molecule has 19 heavy (non-hydrogen) atoms. The van der Waals surface area contributed by atoms with Gasteiger partial charge in [-0.3, -0.25) is 4.79 Å². The highest BCUT2D eigenvalue weighted by molar-refractivity contribution is 5.99. The smallest absolute Gasteiger partial charge is 0.268 e. The van der Waals surface area contributed by atoms with Gasteiger partial charge in [-0.2, -0.15) is 0 Å². The summed E-state index contributed by atoms with van der Waals surface area (Å²) in [4.78, 5) is 17.9. The maximum atomic E-state index is 13.4. The Morgan fingerprint density at radius 1 is 1.47 bits per heavy atom. The van der Waals surface area contributed by atoms with Crippen LogP contribution in [0.25, 0.3) is 0 Å². The van der Waals surface area contributed by atoms with Crippen LogP contribution in [-0.4, -0.2) is 36.1 Å². The highest BCUT2D eigenvalue weighted by Crippen LogP contribution is 2.35. The van der Waals surface area contributed by atoms with Crippen molar-refractivity contribution in [1.29, 1.82) is 0 Å². The third-order valence-electron chi connectivity index (χ3n) is 3.61. The number of fused-ring (bicyclic) bond motifs is 1. The first kappa shape index (κ1) is 12.3. The van der Waals surface area contributed by atoms with E-state index >= 15 is 0 Å². The predicted octanol–water partition coefficient (Wildman–Crippen LogP) is 1.09. The van der Waals surface area contributed by atoms with Gasteiger partial charge in [-0.05, 0) is 32.9 Å². The Morgan fingerprint density at radius 2 is 2.21 bits per heavy atom. The van der Waals surface area contributed by atoms with Crippen LogP contribution in [0.5, 0.6) is 5.88 Å². The number of piperidine rings is 1. The van der Waals surface area contributed by atoms with Crippen LogP contribution in [-0.2, 0) is 4.79 Å². The van der Waals surface area contributed by atoms with Gasteiger partial charge in [-0.25, -0.2) is 9.37 Å². The number of carbonyl (C=O) groups excluding carboxylic acids is 1. The molecule has 0 radical (unpaired) electrons. The normalized spacial score (nSPS) is 24.0. The average Bonchev–Trinajstić information content (AvgIpc) is 2.42. The second-order valence-corrected chi connectivity index (χ2v) is 4.93. The number of amides is 1. The maximum absolute atomic E-state index is 13.4. The molecular weight excluding hydrogens is 249 g/mol. The minimum Gasteiger partial charge on any atom is -0.463 e. The van der Waals surface area contributed by atoms with Gasteiger partial charge in [0.1, 0.15) is 11.5 Å². The van der Waals surface area contributed by atoms with Crippen LogP contribution in [0.15, 0.2) is 12.3 Å². The van der Waals surface area contributed by atoms with Crippen molar-refractivity contribution in [3.05, 3.63) is 18.1 Å². The minimum atomic E-state index is -0.569. The van der Waals surface area contributed by atoms with Gasteiger partial charge >= 0.3 is 0 Å². The first-order chi connectivity index (χ1) is 9.16. The number of anilines is 1. The Labute approximate surface area is 110 Å². The van der Waals surface area contributed by atoms with E-state index < -0.39 is 11.9 Å². The molecule has 0 saturated carbocycles. The van der Waals surface area contributed by atoms with E-state index in [1.54, 1.807) is 11.8 Å². The summed E-state index contributed by atoms with van der Waals surface area (Å²) in [6.07, 6.45) is 2.26. The van der Waals surface area contributed by atoms with E-state index in [1.807, 2.05) is 0 Å². The number of nitrogens with one attached hydrogen (secondary N) is 1. The average molecular weight is 265 g/mol. The van der Waals surface area contributed by atoms with Gasteiger partial charge in [-0.1, -0.05) is 0 Å². The van der Waals surface area contributed by atoms with Crippen LogP contribution in [0.1, 0.15) is 19.8 Å². The lowest BCUT2D eigenvalue weighted by molar-refractivity contribution is -0.126. The van der Waals surface area contributed by atoms with Gasteiger partial charge in [0, 0.05) is 12.1 Å². The first-order valence-electron chi connectivity index (χ1n) is 6.53. The van der Waals surface area contributed by atoms with Crippen molar-refractivity contribution in [3.63, 3.8) is 0 Å². The standard InChI is InChI=1S/C13H16FN3O2/c1-8-13(18)17(10-2-4-15-5-3-10)11-6-9(14)7-16-12(11)19-8/h6-8,10,15H,2-5H2,1H3/t8-/m0/s1. The lowest BCUT2D eigenvalue weighted by Crippen LogP contribution is -2.52. The van der Waals surface area contributed by atoms with Crippen molar-refractivity contribution < 1.29 is 13.9 Å². The van der Waals surface area contributed by atoms with Gasteiger partial charge in [0.15, 0.2) is 6.10 Å². The van der Waals surface area contributed by atoms with Crippen LogP contribution in [0.3, 0.4) is 0 Å². The Hall–Kier alpha value is -1.69. The molecule has 0 aromatic carbocycles. The largest absolute Gasteiger partial charge is 0.463 e. The highest BCUT2D eigenvalue weighted by atomic mass is 19.1. The fraction of sp³-hybridized carbons (Fsp3) is 0.538. The lowest BCUT2D eigenvalue weighted by Gasteiger charge is -2.39. The Kier molecular flexibility index (Phi) is 3.10. The molecule has 2 aliphatic rings. The van der Waals surface area contributed by atoms with E-state index in [0.717, 1.165) is 32.1 Å². The maximum Gasteiger partial charge on any atom is 0.268 e. The zero-order valence-corrected chi connectivity index (χ0v) is 10.7. The third kappa shape index (κ3) is 2.16. The summed E-state index contributed by atoms with van der Waals surface area (Å²) in [6, 6.07) is 1.41. The summed E-state index contributed by atoms with van der Waals surface area (Å²) in [5, 5.41) is 3.26. The number of nitrogens with zero attached hydrogens (tertiary/aromatic N) is 2. The van der Waals surface area contributed by atoms with Crippen molar-refractivity contribution in [1.82, 2.24) is 10.3 Å². The van der Waals surface area contributed by atoms with Gasteiger partial charge in [0.2, 0.25) is 5.88 Å². The predicted molar refractivity (Wildman–Crippen MR) is 67.7 cm³/mol. The summed E-state index contributed by atoms with van der Waals surface area (Å²) in [5.74, 6) is -0.234. The second-order valence-electron chi connectivity index (χ2n) is 4.93. The number of pyridine rings is 1. The van der Waals surface area contributed by atoms with Crippen molar-refractivity contribution in [2.24, 2.45) is 0 Å². The molecule has 3 rings (SSSR count). The van der Waals surface area contributed by atoms with Gasteiger partial charge < -0.3 is 15.0 Å². The molecule has 0 spiro atoms. The van der Waals surface area contributed by atoms with Crippen molar-refractivity contribution >= 4 is 11.6 Å². The van der Waals surface area contributed by atoms with Crippen LogP contribution in [0.4, 0.5) is 10.1 Å². The monoisotopic (exact) mass is 265 g/mol. The first-order valence-corrected chi connectivity index (χ1v) is 6.53. The fourth-order valence-corrected chi connectivity index (χ4v) is 2.65. The van der Waals surface area contributed by atoms with Crippen molar-refractivity contribution in [2.45, 2.75) is 31.9 Å². The zero-order chi connectivity index (χ0) is 13.4. The Morgan fingerprint density at radius 3 is 2.95 bits per heavy atom. The van der Waals surface area contributed by atoms with Crippen LogP contribution in [0, 0.1) is 5.82 Å². The zero-order valence-electron chi connectivity index (χ0n) is 10.7. The van der Waals surface area contributed by atoms with E-state index in [9.17, 15) is 9.18 Å². The van der Waals surface area contributed by atoms with Crippen molar-refractivity contribution in [3.8, 4) is 5.88 Å². The molecule has 1 amide bonds. The SMILES string of the molecule is C[C@@H]1Oc2ncc(F)cc2N(C2CCNCC2)C1=O. The molecule has 1 aromatic heterocycles.